The second-order valence-corrected chi connectivity index (χ2v) is 4.23. The van der Waals surface area contributed by atoms with Gasteiger partial charge >= 0.3 is 5.97 Å². The lowest BCUT2D eigenvalue weighted by Gasteiger charge is -2.06. The van der Waals surface area contributed by atoms with E-state index in [1.54, 1.807) is 20.8 Å². The number of furan rings is 1. The van der Waals surface area contributed by atoms with E-state index in [1.165, 1.54) is 12.4 Å². The maximum Gasteiger partial charge on any atom is 0.358 e. The van der Waals surface area contributed by atoms with Crippen LogP contribution in [0.4, 0.5) is 5.82 Å². The fraction of sp³-hybridized carbons (Fsp3) is 0.231. The molecule has 2 rings (SSSR count). The summed E-state index contributed by atoms with van der Waals surface area (Å²) >= 11 is 0. The lowest BCUT2D eigenvalue weighted by molar-refractivity contribution is 0.0691. The van der Waals surface area contributed by atoms with E-state index < -0.39 is 11.9 Å². The Morgan fingerprint density at radius 2 is 1.80 bits per heavy atom. The van der Waals surface area contributed by atoms with Crippen LogP contribution in [-0.2, 0) is 0 Å². The molecule has 2 heterocycles. The minimum Gasteiger partial charge on any atom is -0.476 e. The summed E-state index contributed by atoms with van der Waals surface area (Å²) in [5.41, 5.74) is 0.779. The molecule has 0 aromatic carbocycles. The second-order valence-electron chi connectivity index (χ2n) is 4.23. The molecule has 0 unspecified atom stereocenters. The SMILES string of the molecule is Cc1oc(C)c(C(=O)Nc2nccnc2C(=O)O)c1C. The number of anilines is 1. The van der Waals surface area contributed by atoms with Crippen LogP contribution in [-0.4, -0.2) is 27.0 Å². The van der Waals surface area contributed by atoms with Crippen molar-refractivity contribution in [2.45, 2.75) is 20.8 Å². The molecule has 0 aliphatic heterocycles. The van der Waals surface area contributed by atoms with Crippen LogP contribution in [0.1, 0.15) is 37.9 Å². The molecular weight excluding hydrogens is 262 g/mol. The molecule has 0 aliphatic carbocycles. The predicted octanol–water partition coefficient (Wildman–Crippen LogP) is 1.95. The quantitative estimate of drug-likeness (QED) is 0.886. The minimum absolute atomic E-state index is 0.0948. The Morgan fingerprint density at radius 1 is 1.15 bits per heavy atom. The first-order valence-corrected chi connectivity index (χ1v) is 5.84. The summed E-state index contributed by atoms with van der Waals surface area (Å²) < 4.78 is 5.37. The molecule has 7 heteroatoms. The first-order valence-electron chi connectivity index (χ1n) is 5.84. The molecule has 7 nitrogen and oxygen atoms in total. The van der Waals surface area contributed by atoms with Gasteiger partial charge in [0.05, 0.1) is 5.56 Å². The van der Waals surface area contributed by atoms with Crippen LogP contribution in [0, 0.1) is 20.8 Å². The first-order chi connectivity index (χ1) is 9.41. The number of rotatable bonds is 3. The van der Waals surface area contributed by atoms with Crippen molar-refractivity contribution in [1.29, 1.82) is 0 Å². The van der Waals surface area contributed by atoms with Crippen LogP contribution in [0.2, 0.25) is 0 Å². The number of carboxylic acid groups (broad SMARTS) is 1. The summed E-state index contributed by atoms with van der Waals surface area (Å²) in [7, 11) is 0. The van der Waals surface area contributed by atoms with Crippen molar-refractivity contribution < 1.29 is 19.1 Å². The standard InChI is InChI=1S/C13H13N3O4/c1-6-7(2)20-8(3)9(6)12(17)16-11-10(13(18)19)14-4-5-15-11/h4-5H,1-3H3,(H,18,19)(H,15,16,17). The molecule has 0 fully saturated rings. The highest BCUT2D eigenvalue weighted by Gasteiger charge is 2.21. The van der Waals surface area contributed by atoms with Gasteiger partial charge in [-0.25, -0.2) is 14.8 Å². The van der Waals surface area contributed by atoms with Crippen LogP contribution in [0.15, 0.2) is 16.8 Å². The maximum atomic E-state index is 12.2. The van der Waals surface area contributed by atoms with Crippen molar-refractivity contribution in [3.8, 4) is 0 Å². The van der Waals surface area contributed by atoms with Crippen molar-refractivity contribution in [2.75, 3.05) is 5.32 Å². The molecule has 20 heavy (non-hydrogen) atoms. The van der Waals surface area contributed by atoms with Gasteiger partial charge in [0.2, 0.25) is 0 Å². The Kier molecular flexibility index (Phi) is 3.51. The number of aryl methyl sites for hydroxylation is 2. The van der Waals surface area contributed by atoms with E-state index in [1.807, 2.05) is 0 Å². The molecule has 2 N–H and O–H groups in total. The van der Waals surface area contributed by atoms with E-state index in [0.29, 0.717) is 22.6 Å². The fourth-order valence-electron chi connectivity index (χ4n) is 1.88. The number of nitrogens with zero attached hydrogens (tertiary/aromatic N) is 2. The van der Waals surface area contributed by atoms with Gasteiger partial charge in [0.1, 0.15) is 11.5 Å². The lowest BCUT2D eigenvalue weighted by atomic mass is 10.1. The van der Waals surface area contributed by atoms with Crippen molar-refractivity contribution >= 4 is 17.7 Å². The monoisotopic (exact) mass is 275 g/mol. The highest BCUT2D eigenvalue weighted by Crippen LogP contribution is 2.22. The molecule has 104 valence electrons. The number of hydrogen-bond acceptors (Lipinski definition) is 5. The van der Waals surface area contributed by atoms with Gasteiger partial charge in [0.15, 0.2) is 11.5 Å². The average molecular weight is 275 g/mol. The molecular formula is C13H13N3O4. The summed E-state index contributed by atoms with van der Waals surface area (Å²) in [6, 6.07) is 0. The van der Waals surface area contributed by atoms with Crippen LogP contribution in [0.5, 0.6) is 0 Å². The van der Waals surface area contributed by atoms with Gasteiger partial charge in [-0.1, -0.05) is 0 Å². The van der Waals surface area contributed by atoms with Crippen LogP contribution in [0.25, 0.3) is 0 Å². The van der Waals surface area contributed by atoms with Crippen LogP contribution < -0.4 is 5.32 Å². The molecule has 0 spiro atoms. The largest absolute Gasteiger partial charge is 0.476 e. The zero-order valence-corrected chi connectivity index (χ0v) is 11.2. The van der Waals surface area contributed by atoms with Gasteiger partial charge in [0.25, 0.3) is 5.91 Å². The summed E-state index contributed by atoms with van der Waals surface area (Å²) in [5, 5.41) is 11.4. The Bertz CT molecular complexity index is 691. The van der Waals surface area contributed by atoms with E-state index in [-0.39, 0.29) is 11.5 Å². The molecule has 0 bridgehead atoms. The Balaban J connectivity index is 2.36. The van der Waals surface area contributed by atoms with E-state index in [9.17, 15) is 9.59 Å². The highest BCUT2D eigenvalue weighted by molar-refractivity contribution is 6.07. The number of aromatic carboxylic acids is 1. The molecule has 0 saturated heterocycles. The average Bonchev–Trinajstić information content (AvgIpc) is 2.63. The summed E-state index contributed by atoms with van der Waals surface area (Å²) in [5.74, 6) is -0.712. The smallest absolute Gasteiger partial charge is 0.358 e. The van der Waals surface area contributed by atoms with Gasteiger partial charge < -0.3 is 14.8 Å². The predicted molar refractivity (Wildman–Crippen MR) is 69.9 cm³/mol. The van der Waals surface area contributed by atoms with Gasteiger partial charge in [-0.3, -0.25) is 4.79 Å². The van der Waals surface area contributed by atoms with Crippen molar-refractivity contribution in [3.05, 3.63) is 40.7 Å². The Hall–Kier alpha value is -2.70. The van der Waals surface area contributed by atoms with Crippen LogP contribution >= 0.6 is 0 Å². The van der Waals surface area contributed by atoms with E-state index in [4.69, 9.17) is 9.52 Å². The van der Waals surface area contributed by atoms with Crippen LogP contribution in [0.3, 0.4) is 0 Å². The molecule has 0 aliphatic rings. The first kappa shape index (κ1) is 13.7. The summed E-state index contributed by atoms with van der Waals surface area (Å²) in [6.45, 7) is 5.18. The number of carbonyl (C=O) groups is 2. The molecule has 1 amide bonds. The highest BCUT2D eigenvalue weighted by atomic mass is 16.4. The summed E-state index contributed by atoms with van der Waals surface area (Å²) in [4.78, 5) is 30.7. The number of carbonyl (C=O) groups excluding carboxylic acids is 1. The van der Waals surface area contributed by atoms with Crippen molar-refractivity contribution in [1.82, 2.24) is 9.97 Å². The third kappa shape index (κ3) is 2.37. The summed E-state index contributed by atoms with van der Waals surface area (Å²) in [6.07, 6.45) is 2.56. The number of carboxylic acids is 1. The number of hydrogen-bond donors (Lipinski definition) is 2. The lowest BCUT2D eigenvalue weighted by Crippen LogP contribution is -2.18. The third-order valence-electron chi connectivity index (χ3n) is 2.92. The zero-order valence-electron chi connectivity index (χ0n) is 11.2. The van der Waals surface area contributed by atoms with Crippen molar-refractivity contribution in [2.24, 2.45) is 0 Å². The Morgan fingerprint density at radius 3 is 2.35 bits per heavy atom. The van der Waals surface area contributed by atoms with Gasteiger partial charge in [0, 0.05) is 18.0 Å². The van der Waals surface area contributed by atoms with E-state index in [2.05, 4.69) is 15.3 Å². The molecule has 0 saturated carbocycles. The van der Waals surface area contributed by atoms with Gasteiger partial charge in [-0.05, 0) is 20.8 Å². The molecule has 0 radical (unpaired) electrons. The second kappa shape index (κ2) is 5.12. The maximum absolute atomic E-state index is 12.2. The number of aromatic nitrogens is 2. The van der Waals surface area contributed by atoms with E-state index >= 15 is 0 Å². The molecule has 2 aromatic rings. The van der Waals surface area contributed by atoms with E-state index in [0.717, 1.165) is 0 Å². The molecule has 0 atom stereocenters. The normalized spacial score (nSPS) is 10.3. The zero-order chi connectivity index (χ0) is 14.9. The van der Waals surface area contributed by atoms with Gasteiger partial charge in [-0.15, -0.1) is 0 Å². The number of amides is 1. The minimum atomic E-state index is -1.26. The number of nitrogens with one attached hydrogen (secondary N) is 1. The topological polar surface area (TPSA) is 105 Å². The molecule has 2 aromatic heterocycles. The van der Waals surface area contributed by atoms with Gasteiger partial charge in [-0.2, -0.15) is 0 Å². The Labute approximate surface area is 114 Å². The van der Waals surface area contributed by atoms with Crippen molar-refractivity contribution in [3.63, 3.8) is 0 Å². The third-order valence-corrected chi connectivity index (χ3v) is 2.92. The fourth-order valence-corrected chi connectivity index (χ4v) is 1.88.